The van der Waals surface area contributed by atoms with Gasteiger partial charge in [0.1, 0.15) is 0 Å². The van der Waals surface area contributed by atoms with Gasteiger partial charge in [-0.3, -0.25) is 9.13 Å². The Bertz CT molecular complexity index is 805. The van der Waals surface area contributed by atoms with E-state index in [1.807, 2.05) is 0 Å². The van der Waals surface area contributed by atoms with E-state index in [0.717, 1.165) is 0 Å². The molecule has 0 bridgehead atoms. The van der Waals surface area contributed by atoms with Gasteiger partial charge in [-0.15, -0.1) is 0 Å². The first-order chi connectivity index (χ1) is 13.3. The molecule has 2 aromatic rings. The van der Waals surface area contributed by atoms with E-state index < -0.39 is 15.2 Å². The van der Waals surface area contributed by atoms with Crippen LogP contribution in [-0.2, 0) is 18.2 Å². The SMILES string of the molecule is CCOP(=O)(O)c1ccccc1NCCNc1ccccc1P(=O)(O)OCC. The first kappa shape index (κ1) is 22.6. The standard InChI is InChI=1S/C18H26N2O6P2/c1-3-25-27(21,22)17-11-7-5-9-15(17)19-13-14-20-16-10-6-8-12-18(16)28(23,24)26-4-2/h5-12,19-20H,3-4,13-14H2,1-2H3,(H,21,22)(H,23,24). The third-order valence-corrected chi connectivity index (χ3v) is 7.00. The lowest BCUT2D eigenvalue weighted by Crippen LogP contribution is -2.21. The van der Waals surface area contributed by atoms with Crippen molar-refractivity contribution in [3.8, 4) is 0 Å². The van der Waals surface area contributed by atoms with Gasteiger partial charge in [-0.1, -0.05) is 24.3 Å². The van der Waals surface area contributed by atoms with Gasteiger partial charge in [0.2, 0.25) is 0 Å². The summed E-state index contributed by atoms with van der Waals surface area (Å²) in [6, 6.07) is 13.3. The molecule has 0 aliphatic rings. The van der Waals surface area contributed by atoms with Crippen LogP contribution >= 0.6 is 15.2 Å². The molecular weight excluding hydrogens is 402 g/mol. The van der Waals surface area contributed by atoms with Gasteiger partial charge in [0.05, 0.1) is 23.8 Å². The van der Waals surface area contributed by atoms with Crippen molar-refractivity contribution in [2.45, 2.75) is 13.8 Å². The molecule has 4 N–H and O–H groups in total. The van der Waals surface area contributed by atoms with Crippen LogP contribution in [0.15, 0.2) is 48.5 Å². The van der Waals surface area contributed by atoms with Crippen LogP contribution in [-0.4, -0.2) is 36.1 Å². The first-order valence-electron chi connectivity index (χ1n) is 8.93. The Morgan fingerprint density at radius 1 is 0.750 bits per heavy atom. The Morgan fingerprint density at radius 3 is 1.46 bits per heavy atom. The van der Waals surface area contributed by atoms with Crippen LogP contribution in [0.5, 0.6) is 0 Å². The van der Waals surface area contributed by atoms with Gasteiger partial charge in [-0.2, -0.15) is 0 Å². The first-order valence-corrected chi connectivity index (χ1v) is 12.1. The molecule has 0 saturated carbocycles. The highest BCUT2D eigenvalue weighted by molar-refractivity contribution is 7.62. The average Bonchev–Trinajstić information content (AvgIpc) is 2.66. The zero-order valence-corrected chi connectivity index (χ0v) is 17.7. The third-order valence-electron chi connectivity index (χ3n) is 3.78. The summed E-state index contributed by atoms with van der Waals surface area (Å²) in [5.74, 6) is 0. The quantitative estimate of drug-likeness (QED) is 0.319. The highest BCUT2D eigenvalue weighted by Crippen LogP contribution is 2.43. The summed E-state index contributed by atoms with van der Waals surface area (Å²) >= 11 is 0. The van der Waals surface area contributed by atoms with E-state index in [0.29, 0.717) is 24.5 Å². The van der Waals surface area contributed by atoms with Crippen LogP contribution in [0.1, 0.15) is 13.8 Å². The van der Waals surface area contributed by atoms with E-state index in [2.05, 4.69) is 10.6 Å². The van der Waals surface area contributed by atoms with Crippen LogP contribution in [0.3, 0.4) is 0 Å². The normalized spacial score (nSPS) is 15.4. The molecule has 0 spiro atoms. The molecule has 0 aliphatic carbocycles. The summed E-state index contributed by atoms with van der Waals surface area (Å²) in [6.07, 6.45) is 0. The second-order valence-corrected chi connectivity index (χ2v) is 9.33. The lowest BCUT2D eigenvalue weighted by molar-refractivity contribution is 0.283. The summed E-state index contributed by atoms with van der Waals surface area (Å²) in [4.78, 5) is 20.2. The van der Waals surface area contributed by atoms with Crippen LogP contribution in [0.2, 0.25) is 0 Å². The maximum atomic E-state index is 12.3. The lowest BCUT2D eigenvalue weighted by atomic mass is 10.3. The van der Waals surface area contributed by atoms with E-state index in [-0.39, 0.29) is 23.8 Å². The minimum Gasteiger partial charge on any atom is -0.383 e. The summed E-state index contributed by atoms with van der Waals surface area (Å²) in [7, 11) is -7.79. The van der Waals surface area contributed by atoms with Crippen molar-refractivity contribution >= 4 is 37.2 Å². The van der Waals surface area contributed by atoms with Crippen LogP contribution in [0.4, 0.5) is 11.4 Å². The van der Waals surface area contributed by atoms with E-state index in [1.165, 1.54) is 0 Å². The molecule has 0 aliphatic heterocycles. The predicted octanol–water partition coefficient (Wildman–Crippen LogP) is 2.91. The zero-order chi connectivity index (χ0) is 20.6. The number of anilines is 2. The molecule has 0 fully saturated rings. The molecule has 0 amide bonds. The minimum atomic E-state index is -3.90. The number of hydrogen-bond donors (Lipinski definition) is 4. The predicted molar refractivity (Wildman–Crippen MR) is 112 cm³/mol. The molecule has 0 saturated heterocycles. The van der Waals surface area contributed by atoms with Crippen molar-refractivity contribution < 1.29 is 28.0 Å². The Balaban J connectivity index is 2.04. The number of rotatable bonds is 11. The molecule has 154 valence electrons. The molecule has 2 rings (SSSR count). The highest BCUT2D eigenvalue weighted by Gasteiger charge is 2.26. The van der Waals surface area contributed by atoms with Gasteiger partial charge in [0, 0.05) is 24.5 Å². The second kappa shape index (κ2) is 10.2. The van der Waals surface area contributed by atoms with E-state index in [9.17, 15) is 18.9 Å². The average molecular weight is 428 g/mol. The van der Waals surface area contributed by atoms with Crippen molar-refractivity contribution in [2.75, 3.05) is 36.9 Å². The van der Waals surface area contributed by atoms with E-state index in [4.69, 9.17) is 9.05 Å². The molecule has 0 radical (unpaired) electrons. The summed E-state index contributed by atoms with van der Waals surface area (Å²) in [6.45, 7) is 4.37. The molecule has 2 unspecified atom stereocenters. The number of nitrogens with one attached hydrogen (secondary N) is 2. The maximum Gasteiger partial charge on any atom is 0.360 e. The van der Waals surface area contributed by atoms with Crippen molar-refractivity contribution in [2.24, 2.45) is 0 Å². The summed E-state index contributed by atoms with van der Waals surface area (Å²) in [5, 5.41) is 6.59. The lowest BCUT2D eigenvalue weighted by Gasteiger charge is -2.18. The highest BCUT2D eigenvalue weighted by atomic mass is 31.2. The fourth-order valence-corrected chi connectivity index (χ4v) is 5.07. The van der Waals surface area contributed by atoms with Crippen molar-refractivity contribution in [3.63, 3.8) is 0 Å². The zero-order valence-electron chi connectivity index (χ0n) is 15.9. The Labute approximate surface area is 165 Å². The maximum absolute atomic E-state index is 12.3. The molecule has 10 heteroatoms. The van der Waals surface area contributed by atoms with Crippen molar-refractivity contribution in [1.82, 2.24) is 0 Å². The fourth-order valence-electron chi connectivity index (χ4n) is 2.62. The van der Waals surface area contributed by atoms with Crippen LogP contribution in [0.25, 0.3) is 0 Å². The molecule has 2 aromatic carbocycles. The monoisotopic (exact) mass is 428 g/mol. The van der Waals surface area contributed by atoms with Gasteiger partial charge in [-0.05, 0) is 38.1 Å². The Hall–Kier alpha value is -1.66. The van der Waals surface area contributed by atoms with Gasteiger partial charge < -0.3 is 29.5 Å². The molecule has 8 nitrogen and oxygen atoms in total. The Kier molecular flexibility index (Phi) is 8.25. The van der Waals surface area contributed by atoms with Gasteiger partial charge in [0.15, 0.2) is 0 Å². The van der Waals surface area contributed by atoms with Gasteiger partial charge in [-0.25, -0.2) is 0 Å². The topological polar surface area (TPSA) is 117 Å². The second-order valence-electron chi connectivity index (χ2n) is 5.76. The number of para-hydroxylation sites is 2. The minimum absolute atomic E-state index is 0.126. The molecular formula is C18H26N2O6P2. The van der Waals surface area contributed by atoms with E-state index in [1.54, 1.807) is 62.4 Å². The molecule has 2 atom stereocenters. The summed E-state index contributed by atoms with van der Waals surface area (Å²) < 4.78 is 34.6. The third kappa shape index (κ3) is 5.92. The summed E-state index contributed by atoms with van der Waals surface area (Å²) in [5.41, 5.74) is 0.998. The van der Waals surface area contributed by atoms with Gasteiger partial charge >= 0.3 is 15.2 Å². The smallest absolute Gasteiger partial charge is 0.360 e. The fraction of sp³-hybridized carbons (Fsp3) is 0.333. The molecule has 0 aromatic heterocycles. The van der Waals surface area contributed by atoms with E-state index >= 15 is 0 Å². The Morgan fingerprint density at radius 2 is 1.11 bits per heavy atom. The largest absolute Gasteiger partial charge is 0.383 e. The number of hydrogen-bond acceptors (Lipinski definition) is 6. The van der Waals surface area contributed by atoms with Crippen LogP contribution < -0.4 is 21.2 Å². The van der Waals surface area contributed by atoms with Crippen molar-refractivity contribution in [3.05, 3.63) is 48.5 Å². The molecule has 0 heterocycles. The van der Waals surface area contributed by atoms with Crippen molar-refractivity contribution in [1.29, 1.82) is 0 Å². The van der Waals surface area contributed by atoms with Crippen LogP contribution in [0, 0.1) is 0 Å². The molecule has 28 heavy (non-hydrogen) atoms. The van der Waals surface area contributed by atoms with Gasteiger partial charge in [0.25, 0.3) is 0 Å². The number of benzene rings is 2.